The highest BCUT2D eigenvalue weighted by Gasteiger charge is 2.45. The normalized spacial score (nSPS) is 18.8. The third-order valence-electron chi connectivity index (χ3n) is 5.84. The molecule has 4 nitrogen and oxygen atoms in total. The van der Waals surface area contributed by atoms with E-state index in [0.717, 1.165) is 56.8 Å². The number of piperidine rings is 1. The minimum Gasteiger partial charge on any atom is -0.363 e. The first-order valence-corrected chi connectivity index (χ1v) is 11.2. The molecule has 2 N–H and O–H groups in total. The van der Waals surface area contributed by atoms with Crippen molar-refractivity contribution in [1.82, 2.24) is 10.6 Å². The molecular weight excluding hydrogens is 498 g/mol. The molecule has 2 aliphatic rings. The van der Waals surface area contributed by atoms with E-state index < -0.39 is 0 Å². The summed E-state index contributed by atoms with van der Waals surface area (Å²) in [6, 6.07) is 11.9. The number of halogens is 2. The molecule has 1 saturated carbocycles. The maximum absolute atomic E-state index is 14.2. The summed E-state index contributed by atoms with van der Waals surface area (Å²) in [7, 11) is 0. The number of rotatable bonds is 6. The van der Waals surface area contributed by atoms with Crippen LogP contribution in [0, 0.1) is 5.82 Å². The Kier molecular flexibility index (Phi) is 7.79. The van der Waals surface area contributed by atoms with Crippen LogP contribution in [0.4, 0.5) is 9.39 Å². The van der Waals surface area contributed by atoms with Gasteiger partial charge in [-0.25, -0.2) is 4.39 Å². The summed E-state index contributed by atoms with van der Waals surface area (Å²) in [6.07, 6.45) is 4.22. The molecular formula is C22H30FIN4S. The second-order valence-corrected chi connectivity index (χ2v) is 8.74. The third kappa shape index (κ3) is 5.42. The molecule has 1 saturated heterocycles. The number of aliphatic imine (C=N–C) groups is 1. The van der Waals surface area contributed by atoms with Crippen molar-refractivity contribution in [2.45, 2.75) is 44.1 Å². The first-order valence-electron chi connectivity index (χ1n) is 10.3. The van der Waals surface area contributed by atoms with E-state index in [1.165, 1.54) is 5.00 Å². The Morgan fingerprint density at radius 3 is 2.59 bits per heavy atom. The monoisotopic (exact) mass is 528 g/mol. The van der Waals surface area contributed by atoms with Crippen LogP contribution in [-0.4, -0.2) is 38.2 Å². The molecule has 2 aromatic rings. The van der Waals surface area contributed by atoms with Crippen molar-refractivity contribution in [2.24, 2.45) is 4.99 Å². The molecule has 0 amide bonds. The van der Waals surface area contributed by atoms with E-state index in [1.54, 1.807) is 12.1 Å². The molecule has 1 aromatic carbocycles. The lowest BCUT2D eigenvalue weighted by atomic mass is 9.95. The molecule has 0 bridgehead atoms. The van der Waals surface area contributed by atoms with E-state index >= 15 is 0 Å². The van der Waals surface area contributed by atoms with Crippen molar-refractivity contribution in [3.8, 4) is 0 Å². The molecule has 2 heterocycles. The Hall–Kier alpha value is -1.35. The van der Waals surface area contributed by atoms with Gasteiger partial charge >= 0.3 is 0 Å². The van der Waals surface area contributed by atoms with Crippen molar-refractivity contribution in [3.05, 3.63) is 53.2 Å². The Bertz CT molecular complexity index is 799. The zero-order valence-electron chi connectivity index (χ0n) is 16.9. The summed E-state index contributed by atoms with van der Waals surface area (Å²) in [5.74, 6) is 0.758. The first-order chi connectivity index (χ1) is 13.7. The minimum absolute atomic E-state index is 0. The molecule has 1 aromatic heterocycles. The number of nitrogens with one attached hydrogen (secondary N) is 2. The zero-order valence-corrected chi connectivity index (χ0v) is 20.0. The number of guanidine groups is 1. The van der Waals surface area contributed by atoms with Crippen molar-refractivity contribution in [2.75, 3.05) is 31.1 Å². The molecule has 0 radical (unpaired) electrons. The predicted molar refractivity (Wildman–Crippen MR) is 131 cm³/mol. The maximum Gasteiger partial charge on any atom is 0.191 e. The SMILES string of the molecule is CCNC(=NCC1(c2ccccc2F)CC1)NC1CCN(c2cccs2)CC1.I. The van der Waals surface area contributed by atoms with Crippen LogP contribution in [-0.2, 0) is 5.41 Å². The van der Waals surface area contributed by atoms with Gasteiger partial charge in [0.15, 0.2) is 5.96 Å². The lowest BCUT2D eigenvalue weighted by molar-refractivity contribution is 0.462. The average Bonchev–Trinajstić information content (AvgIpc) is 3.29. The lowest BCUT2D eigenvalue weighted by Gasteiger charge is -2.33. The van der Waals surface area contributed by atoms with Crippen LogP contribution in [0.2, 0.25) is 0 Å². The van der Waals surface area contributed by atoms with E-state index in [0.29, 0.717) is 12.6 Å². The second-order valence-electron chi connectivity index (χ2n) is 7.81. The van der Waals surface area contributed by atoms with Gasteiger partial charge in [0, 0.05) is 31.1 Å². The number of hydrogen-bond donors (Lipinski definition) is 2. The van der Waals surface area contributed by atoms with Crippen LogP contribution in [0.1, 0.15) is 38.2 Å². The third-order valence-corrected chi connectivity index (χ3v) is 6.77. The fourth-order valence-electron chi connectivity index (χ4n) is 3.99. The fraction of sp³-hybridized carbons (Fsp3) is 0.500. The highest BCUT2D eigenvalue weighted by Crippen LogP contribution is 2.49. The standard InChI is InChI=1S/C22H29FN4S.HI/c1-2-24-21(25-16-22(11-12-22)18-6-3-4-7-19(18)23)26-17-9-13-27(14-10-17)20-8-5-15-28-20;/h3-8,15,17H,2,9-14,16H2,1H3,(H2,24,25,26);1H. The van der Waals surface area contributed by atoms with Crippen molar-refractivity contribution in [3.63, 3.8) is 0 Å². The Morgan fingerprint density at radius 2 is 1.97 bits per heavy atom. The summed E-state index contributed by atoms with van der Waals surface area (Å²) in [5.41, 5.74) is 0.704. The number of anilines is 1. The quantitative estimate of drug-likeness (QED) is 0.323. The molecule has 1 aliphatic carbocycles. The molecule has 4 rings (SSSR count). The van der Waals surface area contributed by atoms with Crippen LogP contribution in [0.3, 0.4) is 0 Å². The number of nitrogens with zero attached hydrogens (tertiary/aromatic N) is 2. The van der Waals surface area contributed by atoms with Gasteiger partial charge in [-0.1, -0.05) is 18.2 Å². The summed E-state index contributed by atoms with van der Waals surface area (Å²) in [4.78, 5) is 7.31. The summed E-state index contributed by atoms with van der Waals surface area (Å²) < 4.78 is 14.2. The topological polar surface area (TPSA) is 39.7 Å². The summed E-state index contributed by atoms with van der Waals surface area (Å²) in [5, 5.41) is 10.5. The highest BCUT2D eigenvalue weighted by atomic mass is 127. The largest absolute Gasteiger partial charge is 0.363 e. The number of benzene rings is 1. The van der Waals surface area contributed by atoms with Gasteiger partial charge in [-0.05, 0) is 61.7 Å². The first kappa shape index (κ1) is 22.3. The molecule has 158 valence electrons. The van der Waals surface area contributed by atoms with Crippen LogP contribution >= 0.6 is 35.3 Å². The van der Waals surface area contributed by atoms with E-state index in [1.807, 2.05) is 23.5 Å². The number of thiophene rings is 1. The molecule has 0 atom stereocenters. The Morgan fingerprint density at radius 1 is 1.21 bits per heavy atom. The molecule has 1 aliphatic heterocycles. The molecule has 29 heavy (non-hydrogen) atoms. The smallest absolute Gasteiger partial charge is 0.191 e. The molecule has 2 fully saturated rings. The van der Waals surface area contributed by atoms with Crippen molar-refractivity contribution in [1.29, 1.82) is 0 Å². The molecule has 7 heteroatoms. The average molecular weight is 528 g/mol. The zero-order chi connectivity index (χ0) is 19.4. The van der Waals surface area contributed by atoms with Gasteiger partial charge in [-0.2, -0.15) is 0 Å². The highest BCUT2D eigenvalue weighted by molar-refractivity contribution is 14.0. The van der Waals surface area contributed by atoms with E-state index in [-0.39, 0.29) is 35.2 Å². The van der Waals surface area contributed by atoms with Gasteiger partial charge < -0.3 is 15.5 Å². The predicted octanol–water partition coefficient (Wildman–Crippen LogP) is 4.76. The molecule has 0 spiro atoms. The van der Waals surface area contributed by atoms with Gasteiger partial charge in [-0.3, -0.25) is 4.99 Å². The fourth-order valence-corrected chi connectivity index (χ4v) is 4.78. The van der Waals surface area contributed by atoms with E-state index in [2.05, 4.69) is 40.0 Å². The van der Waals surface area contributed by atoms with Crippen LogP contribution in [0.5, 0.6) is 0 Å². The van der Waals surface area contributed by atoms with Gasteiger partial charge in [0.05, 0.1) is 11.5 Å². The Labute approximate surface area is 194 Å². The van der Waals surface area contributed by atoms with Crippen LogP contribution in [0.15, 0.2) is 46.8 Å². The van der Waals surface area contributed by atoms with Gasteiger partial charge in [0.2, 0.25) is 0 Å². The van der Waals surface area contributed by atoms with Crippen LogP contribution in [0.25, 0.3) is 0 Å². The molecule has 0 unspecified atom stereocenters. The van der Waals surface area contributed by atoms with Crippen molar-refractivity contribution >= 4 is 46.3 Å². The number of hydrogen-bond acceptors (Lipinski definition) is 3. The van der Waals surface area contributed by atoms with E-state index in [9.17, 15) is 4.39 Å². The summed E-state index contributed by atoms with van der Waals surface area (Å²) in [6.45, 7) is 5.68. The van der Waals surface area contributed by atoms with Crippen molar-refractivity contribution < 1.29 is 4.39 Å². The Balaban J connectivity index is 0.00000240. The second kappa shape index (κ2) is 10.1. The van der Waals surface area contributed by atoms with Gasteiger partial charge in [-0.15, -0.1) is 35.3 Å². The van der Waals surface area contributed by atoms with Gasteiger partial charge in [0.1, 0.15) is 5.82 Å². The summed E-state index contributed by atoms with van der Waals surface area (Å²) >= 11 is 1.81. The van der Waals surface area contributed by atoms with Crippen LogP contribution < -0.4 is 15.5 Å². The van der Waals surface area contributed by atoms with E-state index in [4.69, 9.17) is 4.99 Å². The lowest BCUT2D eigenvalue weighted by Crippen LogP contribution is -2.48. The maximum atomic E-state index is 14.2. The van der Waals surface area contributed by atoms with Gasteiger partial charge in [0.25, 0.3) is 0 Å². The minimum atomic E-state index is -0.115.